The molecule has 0 bridgehead atoms. The zero-order chi connectivity index (χ0) is 57.1. The van der Waals surface area contributed by atoms with Crippen molar-refractivity contribution in [1.29, 1.82) is 0 Å². The third kappa shape index (κ3) is 64.8. The van der Waals surface area contributed by atoms with Gasteiger partial charge in [0.1, 0.15) is 13.2 Å². The van der Waals surface area contributed by atoms with E-state index in [1.165, 1.54) is 154 Å². The van der Waals surface area contributed by atoms with Crippen molar-refractivity contribution >= 4 is 17.9 Å². The molecule has 6 nitrogen and oxygen atoms in total. The Kier molecular flexibility index (Phi) is 63.3. The second-order valence-corrected chi connectivity index (χ2v) is 22.0. The predicted molar refractivity (Wildman–Crippen MR) is 343 cm³/mol. The van der Waals surface area contributed by atoms with Gasteiger partial charge in [-0.1, -0.05) is 297 Å². The lowest BCUT2D eigenvalue weighted by molar-refractivity contribution is -0.167. The quantitative estimate of drug-likeness (QED) is 0.0261. The van der Waals surface area contributed by atoms with Crippen LogP contribution in [0.2, 0.25) is 0 Å². The molecule has 0 saturated carbocycles. The maximum atomic E-state index is 12.9. The summed E-state index contributed by atoms with van der Waals surface area (Å²) in [6, 6.07) is 0. The molecule has 0 aromatic carbocycles. The fourth-order valence-corrected chi connectivity index (χ4v) is 9.28. The van der Waals surface area contributed by atoms with Crippen LogP contribution in [0.25, 0.3) is 0 Å². The van der Waals surface area contributed by atoms with Crippen molar-refractivity contribution in [1.82, 2.24) is 0 Å². The van der Waals surface area contributed by atoms with Gasteiger partial charge in [-0.3, -0.25) is 14.4 Å². The maximum absolute atomic E-state index is 12.9. The first-order valence-corrected chi connectivity index (χ1v) is 33.4. The van der Waals surface area contributed by atoms with Gasteiger partial charge < -0.3 is 14.2 Å². The third-order valence-corrected chi connectivity index (χ3v) is 14.3. The Labute approximate surface area is 489 Å². The number of carbonyl (C=O) groups excluding carboxylic acids is 3. The zero-order valence-electron chi connectivity index (χ0n) is 51.9. The Morgan fingerprint density at radius 3 is 0.772 bits per heavy atom. The van der Waals surface area contributed by atoms with Gasteiger partial charge in [-0.05, 0) is 109 Å². The Morgan fingerprint density at radius 1 is 0.266 bits per heavy atom. The van der Waals surface area contributed by atoms with Crippen LogP contribution in [0.15, 0.2) is 109 Å². The normalized spacial score (nSPS) is 12.8. The molecule has 0 radical (unpaired) electrons. The van der Waals surface area contributed by atoms with Gasteiger partial charge in [0.25, 0.3) is 0 Å². The lowest BCUT2D eigenvalue weighted by Crippen LogP contribution is -2.30. The van der Waals surface area contributed by atoms with Gasteiger partial charge >= 0.3 is 17.9 Å². The summed E-state index contributed by atoms with van der Waals surface area (Å²) in [4.78, 5) is 38.1. The number of ether oxygens (including phenoxy) is 3. The first kappa shape index (κ1) is 75.1. The number of hydrogen-bond acceptors (Lipinski definition) is 6. The minimum atomic E-state index is -0.786. The molecule has 0 fully saturated rings. The molecule has 0 heterocycles. The van der Waals surface area contributed by atoms with Gasteiger partial charge in [0.15, 0.2) is 6.10 Å². The van der Waals surface area contributed by atoms with Crippen LogP contribution in [-0.2, 0) is 28.6 Å². The van der Waals surface area contributed by atoms with Crippen molar-refractivity contribution < 1.29 is 28.6 Å². The van der Waals surface area contributed by atoms with Crippen LogP contribution in [0.5, 0.6) is 0 Å². The van der Waals surface area contributed by atoms with Crippen molar-refractivity contribution in [2.24, 2.45) is 0 Å². The molecule has 0 rings (SSSR count). The minimum Gasteiger partial charge on any atom is -0.462 e. The van der Waals surface area contributed by atoms with E-state index in [0.29, 0.717) is 19.3 Å². The van der Waals surface area contributed by atoms with E-state index in [1.807, 2.05) is 0 Å². The molecule has 79 heavy (non-hydrogen) atoms. The largest absolute Gasteiger partial charge is 0.462 e. The smallest absolute Gasteiger partial charge is 0.306 e. The average molecular weight is 1100 g/mol. The van der Waals surface area contributed by atoms with E-state index in [1.54, 1.807) is 0 Å². The van der Waals surface area contributed by atoms with Crippen LogP contribution >= 0.6 is 0 Å². The topological polar surface area (TPSA) is 78.9 Å². The maximum Gasteiger partial charge on any atom is 0.306 e. The summed E-state index contributed by atoms with van der Waals surface area (Å²) in [6.45, 7) is 6.48. The molecule has 0 aliphatic heterocycles. The van der Waals surface area contributed by atoms with Crippen LogP contribution in [0.1, 0.15) is 316 Å². The molecule has 452 valence electrons. The van der Waals surface area contributed by atoms with Crippen LogP contribution < -0.4 is 0 Å². The molecule has 1 unspecified atom stereocenters. The van der Waals surface area contributed by atoms with Crippen LogP contribution in [-0.4, -0.2) is 37.2 Å². The first-order valence-electron chi connectivity index (χ1n) is 33.4. The van der Waals surface area contributed by atoms with E-state index in [4.69, 9.17) is 14.2 Å². The fourth-order valence-electron chi connectivity index (χ4n) is 9.28. The Balaban J connectivity index is 4.15. The van der Waals surface area contributed by atoms with E-state index in [0.717, 1.165) is 122 Å². The Hall–Kier alpha value is -3.93. The second kappa shape index (κ2) is 66.6. The molecule has 1 atom stereocenters. The molecular formula is C73H124O6. The number of carbonyl (C=O) groups is 3. The molecule has 0 saturated heterocycles. The molecule has 0 aromatic rings. The summed E-state index contributed by atoms with van der Waals surface area (Å²) < 4.78 is 16.8. The molecule has 0 aliphatic carbocycles. The highest BCUT2D eigenvalue weighted by Gasteiger charge is 2.19. The van der Waals surface area contributed by atoms with Gasteiger partial charge in [0.2, 0.25) is 0 Å². The number of unbranched alkanes of at least 4 members (excludes halogenated alkanes) is 31. The highest BCUT2D eigenvalue weighted by molar-refractivity contribution is 5.71. The predicted octanol–water partition coefficient (Wildman–Crippen LogP) is 23.0. The second-order valence-electron chi connectivity index (χ2n) is 22.0. The van der Waals surface area contributed by atoms with Crippen LogP contribution in [0, 0.1) is 0 Å². The zero-order valence-corrected chi connectivity index (χ0v) is 51.9. The van der Waals surface area contributed by atoms with Gasteiger partial charge in [0, 0.05) is 19.3 Å². The average Bonchev–Trinajstić information content (AvgIpc) is 3.45. The molecular weight excluding hydrogens is 973 g/mol. The number of rotatable bonds is 60. The first-order chi connectivity index (χ1) is 39.0. The molecule has 0 aliphatic rings. The molecule has 0 N–H and O–H groups in total. The molecule has 0 spiro atoms. The fraction of sp³-hybridized carbons (Fsp3) is 0.712. The number of hydrogen-bond donors (Lipinski definition) is 0. The monoisotopic (exact) mass is 1100 g/mol. The lowest BCUT2D eigenvalue weighted by Gasteiger charge is -2.18. The van der Waals surface area contributed by atoms with Crippen molar-refractivity contribution in [3.8, 4) is 0 Å². The van der Waals surface area contributed by atoms with Crippen molar-refractivity contribution in [2.45, 2.75) is 322 Å². The standard InChI is InChI=1S/C73H124O6/c1-4-7-10-13-16-18-20-22-24-26-28-30-32-34-35-36-37-39-40-42-44-46-48-50-52-54-57-60-63-66-72(75)78-69-70(68-77-71(74)65-62-59-56-15-12-9-6-3)79-73(76)67-64-61-58-55-53-51-49-47-45-43-41-38-33-31-29-27-25-23-21-19-17-14-11-8-5-2/h8,11,17,19-20,22-23,25-26,28-29,31-32,34,38,41,45,47,70H,4-7,9-10,12-16,18,21,24,27,30,33,35-37,39-40,42-44,46,48-69H2,1-3H3/b11-8-,19-17-,22-20-,25-23-,28-26-,31-29-,34-32-,41-38-,47-45-. The summed E-state index contributed by atoms with van der Waals surface area (Å²) in [7, 11) is 0. The summed E-state index contributed by atoms with van der Waals surface area (Å²) in [5.74, 6) is -0.898. The molecule has 0 amide bonds. The summed E-state index contributed by atoms with van der Waals surface area (Å²) in [5.41, 5.74) is 0. The Morgan fingerprint density at radius 2 is 0.494 bits per heavy atom. The van der Waals surface area contributed by atoms with E-state index in [-0.39, 0.29) is 31.1 Å². The van der Waals surface area contributed by atoms with Gasteiger partial charge in [0.05, 0.1) is 0 Å². The highest BCUT2D eigenvalue weighted by atomic mass is 16.6. The van der Waals surface area contributed by atoms with Crippen molar-refractivity contribution in [3.63, 3.8) is 0 Å². The van der Waals surface area contributed by atoms with Crippen molar-refractivity contribution in [3.05, 3.63) is 109 Å². The Bertz CT molecular complexity index is 1590. The SMILES string of the molecule is CC/C=C\C/C=C\C/C=C\C/C=C\C/C=C\C/C=C\CCCCCCCCC(=O)OC(COC(=O)CCCCCCCCC)COC(=O)CCCCCCCCCCCCCCCC/C=C\C/C=C\C/C=C\CCCCCCC. The summed E-state index contributed by atoms with van der Waals surface area (Å²) >= 11 is 0. The summed E-state index contributed by atoms with van der Waals surface area (Å²) in [6.07, 6.45) is 91.3. The molecule has 0 aromatic heterocycles. The van der Waals surface area contributed by atoms with Gasteiger partial charge in [-0.15, -0.1) is 0 Å². The van der Waals surface area contributed by atoms with Crippen LogP contribution in [0.3, 0.4) is 0 Å². The highest BCUT2D eigenvalue weighted by Crippen LogP contribution is 2.16. The van der Waals surface area contributed by atoms with Crippen LogP contribution in [0.4, 0.5) is 0 Å². The van der Waals surface area contributed by atoms with E-state index in [9.17, 15) is 14.4 Å². The third-order valence-electron chi connectivity index (χ3n) is 14.3. The minimum absolute atomic E-state index is 0.0834. The van der Waals surface area contributed by atoms with E-state index < -0.39 is 6.10 Å². The van der Waals surface area contributed by atoms with Gasteiger partial charge in [-0.25, -0.2) is 0 Å². The van der Waals surface area contributed by atoms with E-state index >= 15 is 0 Å². The van der Waals surface area contributed by atoms with E-state index in [2.05, 4.69) is 130 Å². The molecule has 6 heteroatoms. The summed E-state index contributed by atoms with van der Waals surface area (Å²) in [5, 5.41) is 0. The van der Waals surface area contributed by atoms with Crippen molar-refractivity contribution in [2.75, 3.05) is 13.2 Å². The number of allylic oxidation sites excluding steroid dienone is 18. The van der Waals surface area contributed by atoms with Gasteiger partial charge in [-0.2, -0.15) is 0 Å². The number of esters is 3. The lowest BCUT2D eigenvalue weighted by atomic mass is 10.0.